The van der Waals surface area contributed by atoms with Gasteiger partial charge in [0.05, 0.1) is 7.11 Å². The molecule has 3 nitrogen and oxygen atoms in total. The fourth-order valence-corrected chi connectivity index (χ4v) is 3.57. The van der Waals surface area contributed by atoms with Crippen molar-refractivity contribution in [2.45, 2.75) is 38.0 Å². The normalized spacial score (nSPS) is 18.1. The van der Waals surface area contributed by atoms with Crippen LogP contribution in [0.5, 0.6) is 5.75 Å². The number of aromatic amines is 1. The smallest absolute Gasteiger partial charge is 0.119 e. The molecule has 2 aromatic rings. The molecule has 3 N–H and O–H groups in total. The zero-order valence-corrected chi connectivity index (χ0v) is 11.8. The minimum Gasteiger partial charge on any atom is -0.497 e. The molecule has 0 amide bonds. The van der Waals surface area contributed by atoms with Crippen LogP contribution in [-0.2, 0) is 5.41 Å². The zero-order chi connectivity index (χ0) is 13.5. The molecular formula is C16H22N2O. The van der Waals surface area contributed by atoms with Crippen molar-refractivity contribution in [3.8, 4) is 5.75 Å². The van der Waals surface area contributed by atoms with E-state index in [9.17, 15) is 0 Å². The summed E-state index contributed by atoms with van der Waals surface area (Å²) in [5.74, 6) is 0.911. The van der Waals surface area contributed by atoms with Crippen molar-refractivity contribution in [2.24, 2.45) is 5.73 Å². The van der Waals surface area contributed by atoms with Crippen molar-refractivity contribution in [1.82, 2.24) is 4.98 Å². The number of methoxy groups -OCH3 is 1. The quantitative estimate of drug-likeness (QED) is 0.888. The first-order valence-corrected chi connectivity index (χ1v) is 7.07. The molecule has 19 heavy (non-hydrogen) atoms. The third-order valence-corrected chi connectivity index (χ3v) is 4.75. The number of rotatable bonds is 3. The lowest BCUT2D eigenvalue weighted by atomic mass is 9.81. The van der Waals surface area contributed by atoms with Crippen LogP contribution in [0.3, 0.4) is 0 Å². The van der Waals surface area contributed by atoms with Gasteiger partial charge in [0.25, 0.3) is 0 Å². The zero-order valence-electron chi connectivity index (χ0n) is 11.8. The van der Waals surface area contributed by atoms with Gasteiger partial charge in [-0.2, -0.15) is 0 Å². The highest BCUT2D eigenvalue weighted by molar-refractivity contribution is 5.86. The van der Waals surface area contributed by atoms with Gasteiger partial charge in [-0.25, -0.2) is 0 Å². The highest BCUT2D eigenvalue weighted by Gasteiger charge is 2.37. The molecule has 0 aliphatic heterocycles. The van der Waals surface area contributed by atoms with Gasteiger partial charge in [-0.05, 0) is 43.5 Å². The summed E-state index contributed by atoms with van der Waals surface area (Å²) in [6, 6.07) is 6.22. The van der Waals surface area contributed by atoms with E-state index in [1.807, 2.05) is 6.07 Å². The van der Waals surface area contributed by atoms with Gasteiger partial charge in [-0.1, -0.05) is 12.8 Å². The second-order valence-corrected chi connectivity index (χ2v) is 5.73. The molecule has 102 valence electrons. The minimum atomic E-state index is 0.163. The summed E-state index contributed by atoms with van der Waals surface area (Å²) in [6.07, 6.45) is 4.98. The Hall–Kier alpha value is -1.48. The number of benzene rings is 1. The summed E-state index contributed by atoms with van der Waals surface area (Å²) < 4.78 is 5.32. The number of hydrogen-bond acceptors (Lipinski definition) is 2. The summed E-state index contributed by atoms with van der Waals surface area (Å²) in [5.41, 5.74) is 10.1. The average Bonchev–Trinajstić information content (AvgIpc) is 3.04. The second kappa shape index (κ2) is 4.57. The molecule has 0 bridgehead atoms. The maximum absolute atomic E-state index is 6.10. The van der Waals surface area contributed by atoms with Crippen LogP contribution in [0.15, 0.2) is 18.2 Å². The van der Waals surface area contributed by atoms with Crippen LogP contribution in [-0.4, -0.2) is 18.6 Å². The van der Waals surface area contributed by atoms with E-state index in [-0.39, 0.29) is 5.41 Å². The molecule has 3 heteroatoms. The number of fused-ring (bicyclic) bond motifs is 1. The van der Waals surface area contributed by atoms with Crippen molar-refractivity contribution >= 4 is 10.9 Å². The van der Waals surface area contributed by atoms with E-state index in [0.717, 1.165) is 12.3 Å². The first kappa shape index (κ1) is 12.5. The minimum absolute atomic E-state index is 0.163. The van der Waals surface area contributed by atoms with Gasteiger partial charge in [-0.15, -0.1) is 0 Å². The van der Waals surface area contributed by atoms with E-state index in [0.29, 0.717) is 0 Å². The molecule has 1 fully saturated rings. The van der Waals surface area contributed by atoms with E-state index >= 15 is 0 Å². The van der Waals surface area contributed by atoms with Crippen LogP contribution in [0, 0.1) is 6.92 Å². The SMILES string of the molecule is COc1ccc2[nH]c(C3(CN)CCCC3)c(C)c2c1. The number of aromatic nitrogens is 1. The van der Waals surface area contributed by atoms with Crippen LogP contribution in [0.2, 0.25) is 0 Å². The van der Waals surface area contributed by atoms with E-state index in [1.165, 1.54) is 47.8 Å². The van der Waals surface area contributed by atoms with E-state index < -0.39 is 0 Å². The lowest BCUT2D eigenvalue weighted by Crippen LogP contribution is -2.33. The number of hydrogen-bond donors (Lipinski definition) is 2. The van der Waals surface area contributed by atoms with Gasteiger partial charge in [0.1, 0.15) is 5.75 Å². The molecule has 0 saturated heterocycles. The summed E-state index contributed by atoms with van der Waals surface area (Å²) in [7, 11) is 1.71. The molecule has 1 saturated carbocycles. The number of nitrogens with two attached hydrogens (primary N) is 1. The Morgan fingerprint density at radius 2 is 2.05 bits per heavy atom. The fraction of sp³-hybridized carbons (Fsp3) is 0.500. The molecule has 0 spiro atoms. The van der Waals surface area contributed by atoms with Crippen LogP contribution in [0.1, 0.15) is 36.9 Å². The highest BCUT2D eigenvalue weighted by atomic mass is 16.5. The topological polar surface area (TPSA) is 51.0 Å². The Bertz CT molecular complexity index is 594. The van der Waals surface area contributed by atoms with Gasteiger partial charge < -0.3 is 15.5 Å². The fourth-order valence-electron chi connectivity index (χ4n) is 3.57. The first-order valence-electron chi connectivity index (χ1n) is 7.07. The number of aryl methyl sites for hydroxylation is 1. The number of H-pyrrole nitrogens is 1. The largest absolute Gasteiger partial charge is 0.497 e. The lowest BCUT2D eigenvalue weighted by molar-refractivity contribution is 0.415. The van der Waals surface area contributed by atoms with Crippen LogP contribution in [0.25, 0.3) is 10.9 Å². The molecule has 1 aliphatic rings. The lowest BCUT2D eigenvalue weighted by Gasteiger charge is -2.27. The van der Waals surface area contributed by atoms with E-state index in [2.05, 4.69) is 24.0 Å². The summed E-state index contributed by atoms with van der Waals surface area (Å²) in [6.45, 7) is 2.93. The molecule has 1 aromatic heterocycles. The van der Waals surface area contributed by atoms with Crippen molar-refractivity contribution in [1.29, 1.82) is 0 Å². The Balaban J connectivity index is 2.16. The predicted octanol–water partition coefficient (Wildman–Crippen LogP) is 3.26. The van der Waals surface area contributed by atoms with E-state index in [4.69, 9.17) is 10.5 Å². The van der Waals surface area contributed by atoms with Crippen LogP contribution < -0.4 is 10.5 Å². The summed E-state index contributed by atoms with van der Waals surface area (Å²) in [4.78, 5) is 3.61. The Kier molecular flexibility index (Phi) is 3.02. The maximum Gasteiger partial charge on any atom is 0.119 e. The Morgan fingerprint density at radius 1 is 1.32 bits per heavy atom. The van der Waals surface area contributed by atoms with Crippen LogP contribution in [0.4, 0.5) is 0 Å². The van der Waals surface area contributed by atoms with Gasteiger partial charge in [0.15, 0.2) is 0 Å². The van der Waals surface area contributed by atoms with Gasteiger partial charge in [0.2, 0.25) is 0 Å². The molecule has 1 aromatic carbocycles. The maximum atomic E-state index is 6.10. The first-order chi connectivity index (χ1) is 9.20. The van der Waals surface area contributed by atoms with Crippen molar-refractivity contribution < 1.29 is 4.74 Å². The number of nitrogens with one attached hydrogen (secondary N) is 1. The monoisotopic (exact) mass is 258 g/mol. The molecule has 0 atom stereocenters. The van der Waals surface area contributed by atoms with Gasteiger partial charge in [-0.3, -0.25) is 0 Å². The third-order valence-electron chi connectivity index (χ3n) is 4.75. The van der Waals surface area contributed by atoms with Gasteiger partial charge >= 0.3 is 0 Å². The summed E-state index contributed by atoms with van der Waals surface area (Å²) in [5, 5.41) is 1.26. The van der Waals surface area contributed by atoms with Crippen molar-refractivity contribution in [3.63, 3.8) is 0 Å². The standard InChI is InChI=1S/C16H22N2O/c1-11-13-9-12(19-2)5-6-14(13)18-15(11)16(10-17)7-3-4-8-16/h5-6,9,18H,3-4,7-8,10,17H2,1-2H3. The Morgan fingerprint density at radius 3 is 2.68 bits per heavy atom. The molecular weight excluding hydrogens is 236 g/mol. The predicted molar refractivity (Wildman–Crippen MR) is 78.8 cm³/mol. The molecule has 0 unspecified atom stereocenters. The van der Waals surface area contributed by atoms with E-state index in [1.54, 1.807) is 7.11 Å². The highest BCUT2D eigenvalue weighted by Crippen LogP contribution is 2.43. The third kappa shape index (κ3) is 1.84. The molecule has 1 aliphatic carbocycles. The Labute approximate surface area is 114 Å². The van der Waals surface area contributed by atoms with Crippen molar-refractivity contribution in [2.75, 3.05) is 13.7 Å². The van der Waals surface area contributed by atoms with Crippen molar-refractivity contribution in [3.05, 3.63) is 29.5 Å². The molecule has 3 rings (SSSR count). The second-order valence-electron chi connectivity index (χ2n) is 5.73. The number of ether oxygens (including phenoxy) is 1. The van der Waals surface area contributed by atoms with Crippen LogP contribution >= 0.6 is 0 Å². The molecule has 0 radical (unpaired) electrons. The average molecular weight is 258 g/mol. The van der Waals surface area contributed by atoms with Gasteiger partial charge in [0, 0.05) is 28.6 Å². The molecule has 1 heterocycles. The summed E-state index contributed by atoms with van der Waals surface area (Å²) >= 11 is 0.